The number of carbonyl (C=O) groups is 3. The summed E-state index contributed by atoms with van der Waals surface area (Å²) in [4.78, 5) is 34.6. The Labute approximate surface area is 152 Å². The minimum absolute atomic E-state index is 0.0585. The highest BCUT2D eigenvalue weighted by atomic mass is 28.3. The molecule has 2 N–H and O–H groups in total. The van der Waals surface area contributed by atoms with Crippen LogP contribution in [0, 0.1) is 17.3 Å². The van der Waals surface area contributed by atoms with E-state index in [0.717, 1.165) is 12.1 Å². The molecule has 0 atom stereocenters. The molecule has 1 aromatic carbocycles. The zero-order valence-corrected chi connectivity index (χ0v) is 16.3. The summed E-state index contributed by atoms with van der Waals surface area (Å²) >= 11 is 0. The van der Waals surface area contributed by atoms with Crippen molar-refractivity contribution in [3.05, 3.63) is 29.1 Å². The number of primary amides is 1. The Kier molecular flexibility index (Phi) is 7.52. The molecule has 0 spiro atoms. The molecule has 0 bridgehead atoms. The Balaban J connectivity index is 3.26. The summed E-state index contributed by atoms with van der Waals surface area (Å²) < 4.78 is 24.3. The molecule has 0 aliphatic rings. The standard InChI is InChI=1S/C18H22FNO5Si/c1-5-24-18(23)10-15(21)13-9-16(25-11-17(20)22)12(8-14(13)19)6-7-26(2,3)4/h8-9H,5,10-11H2,1-4H3,(H2,20,22). The van der Waals surface area contributed by atoms with Crippen molar-refractivity contribution in [3.8, 4) is 17.2 Å². The van der Waals surface area contributed by atoms with Gasteiger partial charge < -0.3 is 15.2 Å². The first-order valence-electron chi connectivity index (χ1n) is 8.00. The van der Waals surface area contributed by atoms with Crippen molar-refractivity contribution >= 4 is 25.7 Å². The number of carbonyl (C=O) groups excluding carboxylic acids is 3. The number of benzene rings is 1. The molecule has 0 aliphatic heterocycles. The maximum absolute atomic E-state index is 14.4. The highest BCUT2D eigenvalue weighted by Gasteiger charge is 2.20. The summed E-state index contributed by atoms with van der Waals surface area (Å²) in [6, 6.07) is 2.19. The van der Waals surface area contributed by atoms with Gasteiger partial charge in [-0.25, -0.2) is 4.39 Å². The Morgan fingerprint density at radius 2 is 1.88 bits per heavy atom. The van der Waals surface area contributed by atoms with E-state index in [1.54, 1.807) is 6.92 Å². The number of nitrogens with two attached hydrogens (primary N) is 1. The molecule has 0 radical (unpaired) electrons. The lowest BCUT2D eigenvalue weighted by atomic mass is 10.0. The summed E-state index contributed by atoms with van der Waals surface area (Å²) in [5.74, 6) is -0.163. The molecule has 26 heavy (non-hydrogen) atoms. The van der Waals surface area contributed by atoms with Crippen molar-refractivity contribution in [1.29, 1.82) is 0 Å². The molecule has 140 valence electrons. The van der Waals surface area contributed by atoms with E-state index in [-0.39, 0.29) is 23.5 Å². The second-order valence-electron chi connectivity index (χ2n) is 6.49. The molecule has 0 aliphatic carbocycles. The molecule has 8 heteroatoms. The molecule has 0 heterocycles. The average Bonchev–Trinajstić information content (AvgIpc) is 2.50. The number of amides is 1. The van der Waals surface area contributed by atoms with Gasteiger partial charge in [-0.15, -0.1) is 5.54 Å². The minimum atomic E-state index is -1.75. The van der Waals surface area contributed by atoms with Crippen LogP contribution in [0.1, 0.15) is 29.3 Å². The smallest absolute Gasteiger partial charge is 0.313 e. The Morgan fingerprint density at radius 3 is 2.42 bits per heavy atom. The third kappa shape index (κ3) is 7.07. The van der Waals surface area contributed by atoms with E-state index in [9.17, 15) is 18.8 Å². The second kappa shape index (κ2) is 9.15. The van der Waals surface area contributed by atoms with Crippen LogP contribution in [0.3, 0.4) is 0 Å². The first-order valence-corrected chi connectivity index (χ1v) is 11.5. The molecular weight excluding hydrogens is 357 g/mol. The lowest BCUT2D eigenvalue weighted by Gasteiger charge is -2.11. The highest BCUT2D eigenvalue weighted by molar-refractivity contribution is 6.83. The van der Waals surface area contributed by atoms with E-state index >= 15 is 0 Å². The molecule has 0 unspecified atom stereocenters. The molecule has 1 rings (SSSR count). The predicted octanol–water partition coefficient (Wildman–Crippen LogP) is 2.05. The van der Waals surface area contributed by atoms with Crippen LogP contribution in [-0.2, 0) is 14.3 Å². The van der Waals surface area contributed by atoms with Crippen molar-refractivity contribution in [2.75, 3.05) is 13.2 Å². The van der Waals surface area contributed by atoms with Crippen LogP contribution in [0.25, 0.3) is 0 Å². The number of hydrogen-bond acceptors (Lipinski definition) is 5. The number of ether oxygens (including phenoxy) is 2. The quantitative estimate of drug-likeness (QED) is 0.257. The monoisotopic (exact) mass is 379 g/mol. The first-order chi connectivity index (χ1) is 12.0. The highest BCUT2D eigenvalue weighted by Crippen LogP contribution is 2.24. The Morgan fingerprint density at radius 1 is 1.23 bits per heavy atom. The molecule has 0 saturated carbocycles. The van der Waals surface area contributed by atoms with Crippen molar-refractivity contribution in [1.82, 2.24) is 0 Å². The molecular formula is C18H22FNO5Si. The number of esters is 1. The van der Waals surface area contributed by atoms with Gasteiger partial charge in [0.1, 0.15) is 26.1 Å². The van der Waals surface area contributed by atoms with Gasteiger partial charge in [0.15, 0.2) is 12.4 Å². The third-order valence-corrected chi connectivity index (χ3v) is 3.80. The lowest BCUT2D eigenvalue weighted by molar-refractivity contribution is -0.142. The van der Waals surface area contributed by atoms with E-state index in [4.69, 9.17) is 15.2 Å². The Bertz CT molecular complexity index is 774. The largest absolute Gasteiger partial charge is 0.482 e. The van der Waals surface area contributed by atoms with E-state index in [1.807, 2.05) is 19.6 Å². The fourth-order valence-electron chi connectivity index (χ4n) is 1.83. The van der Waals surface area contributed by atoms with Gasteiger partial charge in [0, 0.05) is 0 Å². The molecule has 6 nitrogen and oxygen atoms in total. The fourth-order valence-corrected chi connectivity index (χ4v) is 2.34. The molecule has 0 aromatic heterocycles. The number of Topliss-reactive ketones (excluding diaryl/α,β-unsaturated/α-hetero) is 1. The average molecular weight is 379 g/mol. The van der Waals surface area contributed by atoms with Crippen LogP contribution in [0.4, 0.5) is 4.39 Å². The van der Waals surface area contributed by atoms with Crippen LogP contribution in [0.5, 0.6) is 5.75 Å². The maximum atomic E-state index is 14.4. The normalized spacial score (nSPS) is 10.5. The summed E-state index contributed by atoms with van der Waals surface area (Å²) in [6.45, 7) is 7.31. The van der Waals surface area contributed by atoms with Crippen LogP contribution in [0.15, 0.2) is 12.1 Å². The van der Waals surface area contributed by atoms with Crippen LogP contribution < -0.4 is 10.5 Å². The second-order valence-corrected chi connectivity index (χ2v) is 11.2. The zero-order chi connectivity index (χ0) is 19.9. The summed E-state index contributed by atoms with van der Waals surface area (Å²) in [7, 11) is -1.75. The lowest BCUT2D eigenvalue weighted by Crippen LogP contribution is -2.21. The first kappa shape index (κ1) is 21.4. The summed E-state index contributed by atoms with van der Waals surface area (Å²) in [5, 5.41) is 0. The van der Waals surface area contributed by atoms with Crippen LogP contribution in [-0.4, -0.2) is 38.9 Å². The Hall–Kier alpha value is -2.66. The number of rotatable bonds is 7. The molecule has 1 aromatic rings. The molecule has 0 fully saturated rings. The number of ketones is 1. The van der Waals surface area contributed by atoms with Gasteiger partial charge in [0.25, 0.3) is 5.91 Å². The zero-order valence-electron chi connectivity index (χ0n) is 15.3. The van der Waals surface area contributed by atoms with Gasteiger partial charge in [0.2, 0.25) is 0 Å². The van der Waals surface area contributed by atoms with Gasteiger partial charge in [-0.3, -0.25) is 14.4 Å². The van der Waals surface area contributed by atoms with Crippen molar-refractivity contribution in [2.24, 2.45) is 5.73 Å². The molecule has 1 amide bonds. The minimum Gasteiger partial charge on any atom is -0.482 e. The van der Waals surface area contributed by atoms with Gasteiger partial charge >= 0.3 is 5.97 Å². The van der Waals surface area contributed by atoms with Crippen molar-refractivity contribution < 1.29 is 28.2 Å². The van der Waals surface area contributed by atoms with E-state index in [2.05, 4.69) is 11.5 Å². The van der Waals surface area contributed by atoms with Crippen LogP contribution >= 0.6 is 0 Å². The van der Waals surface area contributed by atoms with E-state index < -0.39 is 44.6 Å². The SMILES string of the molecule is CCOC(=O)CC(=O)c1cc(OCC(N)=O)c(C#C[Si](C)(C)C)cc1F. The van der Waals surface area contributed by atoms with E-state index in [1.165, 1.54) is 0 Å². The maximum Gasteiger partial charge on any atom is 0.313 e. The topological polar surface area (TPSA) is 95.7 Å². The number of hydrogen-bond donors (Lipinski definition) is 1. The van der Waals surface area contributed by atoms with Crippen molar-refractivity contribution in [3.63, 3.8) is 0 Å². The van der Waals surface area contributed by atoms with Gasteiger partial charge in [-0.05, 0) is 19.1 Å². The molecule has 0 saturated heterocycles. The number of halogens is 1. The van der Waals surface area contributed by atoms with Gasteiger partial charge in [-0.2, -0.15) is 0 Å². The third-order valence-electron chi connectivity index (χ3n) is 2.92. The fraction of sp³-hybridized carbons (Fsp3) is 0.389. The summed E-state index contributed by atoms with van der Waals surface area (Å²) in [5.41, 5.74) is 7.99. The van der Waals surface area contributed by atoms with Crippen LogP contribution in [0.2, 0.25) is 19.6 Å². The van der Waals surface area contributed by atoms with Crippen molar-refractivity contribution in [2.45, 2.75) is 33.0 Å². The predicted molar refractivity (Wildman–Crippen MR) is 96.9 cm³/mol. The van der Waals surface area contributed by atoms with Gasteiger partial charge in [-0.1, -0.05) is 25.6 Å². The van der Waals surface area contributed by atoms with Gasteiger partial charge in [0.05, 0.1) is 17.7 Å². The van der Waals surface area contributed by atoms with E-state index in [0.29, 0.717) is 0 Å². The summed E-state index contributed by atoms with van der Waals surface area (Å²) in [6.07, 6.45) is -0.597.